The van der Waals surface area contributed by atoms with Crippen LogP contribution in [0.25, 0.3) is 10.9 Å². The van der Waals surface area contributed by atoms with E-state index in [1.807, 2.05) is 0 Å². The Balaban J connectivity index is 0.000000755. The van der Waals surface area contributed by atoms with Gasteiger partial charge < -0.3 is 39.6 Å². The second-order valence-electron chi connectivity index (χ2n) is 12.0. The summed E-state index contributed by atoms with van der Waals surface area (Å²) in [6.45, 7) is 10.8. The summed E-state index contributed by atoms with van der Waals surface area (Å²) in [5.41, 5.74) is -0.0613. The molecule has 0 aliphatic heterocycles. The first kappa shape index (κ1) is 38.9. The number of unbranched alkanes of at least 4 members (excludes halogenated alkanes) is 1. The van der Waals surface area contributed by atoms with Crippen LogP contribution in [0.2, 0.25) is 5.02 Å². The number of fused-ring (bicyclic) bond motifs is 1. The van der Waals surface area contributed by atoms with E-state index in [0.29, 0.717) is 59.5 Å². The molecule has 51 heavy (non-hydrogen) atoms. The summed E-state index contributed by atoms with van der Waals surface area (Å²) in [4.78, 5) is 42.9. The average molecular weight is 723 g/mol. The monoisotopic (exact) mass is 722 g/mol. The molecule has 11 nitrogen and oxygen atoms in total. The topological polar surface area (TPSA) is 143 Å². The van der Waals surface area contributed by atoms with Gasteiger partial charge in [0.1, 0.15) is 27.8 Å². The molecule has 0 bridgehead atoms. The maximum atomic E-state index is 13.2. The summed E-state index contributed by atoms with van der Waals surface area (Å²) >= 11 is 6.66. The highest BCUT2D eigenvalue weighted by Crippen LogP contribution is 2.48. The number of anilines is 2. The highest BCUT2D eigenvalue weighted by atomic mass is 35.5. The van der Waals surface area contributed by atoms with Gasteiger partial charge in [0.25, 0.3) is 0 Å². The van der Waals surface area contributed by atoms with Gasteiger partial charge in [0.05, 0.1) is 44.6 Å². The Morgan fingerprint density at radius 2 is 1.59 bits per heavy atom. The standard InChI is InChI=1S/C32H29ClFN3O7.C6H15N/c1-42-26-17-21-23(18-27(26)43-16-3-2-7-28(38)39)35-15-12-24(21)44-25-6-4-5-22(29(25)33)37-31(41)32(13-14-32)30(40)36-20-10-8-19(34)9-11-20;1-4-7(5-2)6-3/h4-6,8-12,15,17-18H,2-3,7,13-14,16H2,1H3,(H,36,40)(H,37,41)(H,38,39);4-6H2,1-3H3. The molecule has 0 unspecified atom stereocenters. The zero-order chi connectivity index (χ0) is 37.0. The molecular weight excluding hydrogens is 679 g/mol. The number of rotatable bonds is 16. The van der Waals surface area contributed by atoms with E-state index in [1.54, 1.807) is 47.5 Å². The van der Waals surface area contributed by atoms with Gasteiger partial charge in [-0.3, -0.25) is 14.6 Å². The van der Waals surface area contributed by atoms with Gasteiger partial charge >= 0.3 is 0 Å². The van der Waals surface area contributed by atoms with Gasteiger partial charge in [-0.15, -0.1) is 0 Å². The third-order valence-corrected chi connectivity index (χ3v) is 9.06. The van der Waals surface area contributed by atoms with Gasteiger partial charge in [0, 0.05) is 29.3 Å². The molecule has 4 aromatic rings. The zero-order valence-corrected chi connectivity index (χ0v) is 30.0. The molecule has 5 rings (SSSR count). The van der Waals surface area contributed by atoms with Gasteiger partial charge in [-0.2, -0.15) is 0 Å². The number of carbonyl (C=O) groups excluding carboxylic acids is 3. The number of nitrogens with one attached hydrogen (secondary N) is 3. The number of benzene rings is 3. The van der Waals surface area contributed by atoms with Gasteiger partial charge in [0.15, 0.2) is 11.5 Å². The molecule has 272 valence electrons. The number of quaternary nitrogens is 1. The van der Waals surface area contributed by atoms with Gasteiger partial charge in [-0.1, -0.05) is 17.7 Å². The number of nitrogens with zero attached hydrogens (tertiary/aromatic N) is 1. The van der Waals surface area contributed by atoms with Crippen LogP contribution < -0.4 is 34.9 Å². The van der Waals surface area contributed by atoms with Crippen molar-refractivity contribution in [2.24, 2.45) is 5.41 Å². The second kappa shape index (κ2) is 18.3. The molecular formula is C38H44ClFN4O7. The lowest BCUT2D eigenvalue weighted by Gasteiger charge is -2.18. The predicted octanol–water partition coefficient (Wildman–Crippen LogP) is 5.42. The molecule has 3 aromatic carbocycles. The van der Waals surface area contributed by atoms with Crippen LogP contribution in [0, 0.1) is 11.2 Å². The van der Waals surface area contributed by atoms with E-state index in [2.05, 4.69) is 36.4 Å². The highest BCUT2D eigenvalue weighted by Gasteiger charge is 2.56. The third-order valence-electron chi connectivity index (χ3n) is 8.67. The van der Waals surface area contributed by atoms with Crippen LogP contribution in [0.15, 0.2) is 66.9 Å². The first-order valence-electron chi connectivity index (χ1n) is 17.0. The number of aromatic nitrogens is 1. The highest BCUT2D eigenvalue weighted by molar-refractivity contribution is 6.35. The van der Waals surface area contributed by atoms with Crippen molar-refractivity contribution in [1.29, 1.82) is 0 Å². The lowest BCUT2D eigenvalue weighted by molar-refractivity contribution is -0.894. The van der Waals surface area contributed by atoms with Crippen molar-refractivity contribution in [3.05, 3.63) is 77.7 Å². The number of pyridine rings is 1. The molecule has 1 saturated carbocycles. The maximum absolute atomic E-state index is 13.2. The SMILES string of the molecule is CC[NH+](CC)CC.COc1cc2c(Oc3cccc(NC(=O)C4(C(=O)Nc5ccc(F)cc5)CC4)c3Cl)ccnc2cc1OCCCCC(=O)[O-]. The third kappa shape index (κ3) is 10.3. The van der Waals surface area contributed by atoms with E-state index in [0.717, 1.165) is 0 Å². The fourth-order valence-electron chi connectivity index (χ4n) is 5.31. The summed E-state index contributed by atoms with van der Waals surface area (Å²) in [7, 11) is 1.50. The van der Waals surface area contributed by atoms with Crippen LogP contribution in [0.1, 0.15) is 52.9 Å². The van der Waals surface area contributed by atoms with Crippen LogP contribution in [-0.4, -0.2) is 56.1 Å². The van der Waals surface area contributed by atoms with E-state index in [-0.39, 0.29) is 29.5 Å². The van der Waals surface area contributed by atoms with E-state index >= 15 is 0 Å². The fourth-order valence-corrected chi connectivity index (χ4v) is 5.52. The number of amides is 2. The Hall–Kier alpha value is -4.94. The van der Waals surface area contributed by atoms with Crippen LogP contribution >= 0.6 is 11.6 Å². The van der Waals surface area contributed by atoms with Crippen molar-refractivity contribution in [1.82, 2.24) is 4.98 Å². The molecule has 0 spiro atoms. The molecule has 0 saturated heterocycles. The van der Waals surface area contributed by atoms with Crippen molar-refractivity contribution in [3.63, 3.8) is 0 Å². The Kier molecular flexibility index (Phi) is 14.0. The minimum atomic E-state index is -1.26. The Labute approximate surface area is 302 Å². The number of hydrogen-bond acceptors (Lipinski definition) is 8. The van der Waals surface area contributed by atoms with Crippen molar-refractivity contribution in [3.8, 4) is 23.0 Å². The molecule has 0 radical (unpaired) electrons. The average Bonchev–Trinajstić information content (AvgIpc) is 3.94. The number of methoxy groups -OCH3 is 1. The molecule has 3 N–H and O–H groups in total. The molecule has 1 aliphatic carbocycles. The zero-order valence-electron chi connectivity index (χ0n) is 29.3. The van der Waals surface area contributed by atoms with Crippen molar-refractivity contribution >= 4 is 51.7 Å². The van der Waals surface area contributed by atoms with Crippen LogP contribution in [0.5, 0.6) is 23.0 Å². The fraction of sp³-hybridized carbons (Fsp3) is 0.368. The van der Waals surface area contributed by atoms with Gasteiger partial charge in [-0.25, -0.2) is 4.39 Å². The quantitative estimate of drug-likeness (QED) is 0.103. The summed E-state index contributed by atoms with van der Waals surface area (Å²) in [5.74, 6) is -0.992. The Morgan fingerprint density at radius 3 is 2.20 bits per heavy atom. The number of aliphatic carboxylic acids is 1. The molecule has 1 aromatic heterocycles. The van der Waals surface area contributed by atoms with Crippen molar-refractivity contribution in [2.75, 3.05) is 44.0 Å². The van der Waals surface area contributed by atoms with E-state index in [1.165, 1.54) is 51.0 Å². The van der Waals surface area contributed by atoms with Gasteiger partial charge in [0.2, 0.25) is 11.8 Å². The minimum absolute atomic E-state index is 0.0400. The number of carboxylic acids is 1. The number of ether oxygens (including phenoxy) is 3. The van der Waals surface area contributed by atoms with Crippen LogP contribution in [0.3, 0.4) is 0 Å². The largest absolute Gasteiger partial charge is 0.550 e. The summed E-state index contributed by atoms with van der Waals surface area (Å²) < 4.78 is 30.7. The van der Waals surface area contributed by atoms with E-state index in [9.17, 15) is 23.9 Å². The Bertz CT molecular complexity index is 1810. The normalized spacial score (nSPS) is 12.8. The molecule has 2 amide bonds. The summed E-state index contributed by atoms with van der Waals surface area (Å²) in [6, 6.07) is 15.3. The van der Waals surface area contributed by atoms with E-state index < -0.39 is 29.0 Å². The number of carboxylic acid groups (broad SMARTS) is 1. The van der Waals surface area contributed by atoms with Gasteiger partial charge in [-0.05, 0) is 101 Å². The molecule has 1 fully saturated rings. The number of halogens is 2. The summed E-state index contributed by atoms with van der Waals surface area (Å²) in [6.07, 6.45) is 3.19. The molecule has 1 aliphatic rings. The summed E-state index contributed by atoms with van der Waals surface area (Å²) in [5, 5.41) is 16.8. The number of carbonyl (C=O) groups is 3. The molecule has 0 atom stereocenters. The van der Waals surface area contributed by atoms with E-state index in [4.69, 9.17) is 25.8 Å². The second-order valence-corrected chi connectivity index (χ2v) is 12.4. The first-order chi connectivity index (χ1) is 24.5. The Morgan fingerprint density at radius 1 is 0.902 bits per heavy atom. The maximum Gasteiger partial charge on any atom is 0.240 e. The van der Waals surface area contributed by atoms with Crippen LogP contribution in [0.4, 0.5) is 15.8 Å². The lowest BCUT2D eigenvalue weighted by atomic mass is 10.0. The first-order valence-corrected chi connectivity index (χ1v) is 17.4. The molecule has 1 heterocycles. The molecule has 13 heteroatoms. The van der Waals surface area contributed by atoms with Crippen LogP contribution in [-0.2, 0) is 14.4 Å². The lowest BCUT2D eigenvalue weighted by Crippen LogP contribution is -3.11. The van der Waals surface area contributed by atoms with Crippen molar-refractivity contribution < 1.29 is 43.0 Å². The smallest absolute Gasteiger partial charge is 0.240 e. The predicted molar refractivity (Wildman–Crippen MR) is 192 cm³/mol. The minimum Gasteiger partial charge on any atom is -0.550 e. The van der Waals surface area contributed by atoms with Crippen molar-refractivity contribution in [2.45, 2.75) is 52.9 Å². The number of hydrogen-bond donors (Lipinski definition) is 3.